The van der Waals surface area contributed by atoms with Gasteiger partial charge in [0.2, 0.25) is 0 Å². The lowest BCUT2D eigenvalue weighted by molar-refractivity contribution is 0.0997. The van der Waals surface area contributed by atoms with E-state index in [-0.39, 0.29) is 16.3 Å². The predicted octanol–water partition coefficient (Wildman–Crippen LogP) is 2.10. The van der Waals surface area contributed by atoms with Crippen molar-refractivity contribution in [3.05, 3.63) is 27.7 Å². The number of hydrogen-bond acceptors (Lipinski definition) is 2. The monoisotopic (exact) mass is 219 g/mol. The number of rotatable bonds is 2. The van der Waals surface area contributed by atoms with Gasteiger partial charge in [0.1, 0.15) is 5.56 Å². The molecule has 0 atom stereocenters. The highest BCUT2D eigenvalue weighted by molar-refractivity contribution is 6.37. The fourth-order valence-corrected chi connectivity index (χ4v) is 1.44. The first-order chi connectivity index (χ1) is 6.07. The summed E-state index contributed by atoms with van der Waals surface area (Å²) in [7, 11) is 1.39. The van der Waals surface area contributed by atoms with Gasteiger partial charge in [0.05, 0.1) is 17.2 Å². The molecule has 0 saturated carbocycles. The SMILES string of the molecule is COc1c(Cl)ccc(Cl)c1C(N)=O. The summed E-state index contributed by atoms with van der Waals surface area (Å²) < 4.78 is 4.90. The van der Waals surface area contributed by atoms with Crippen molar-refractivity contribution in [1.29, 1.82) is 0 Å². The molecular formula is C8H7Cl2NO2. The number of benzene rings is 1. The first-order valence-electron chi connectivity index (χ1n) is 3.39. The molecule has 0 aliphatic carbocycles. The molecule has 0 unspecified atom stereocenters. The van der Waals surface area contributed by atoms with E-state index in [9.17, 15) is 4.79 Å². The van der Waals surface area contributed by atoms with E-state index in [1.807, 2.05) is 0 Å². The molecule has 1 aromatic rings. The van der Waals surface area contributed by atoms with Gasteiger partial charge in [-0.1, -0.05) is 23.2 Å². The Hall–Kier alpha value is -0.930. The van der Waals surface area contributed by atoms with Crippen LogP contribution in [-0.4, -0.2) is 13.0 Å². The molecule has 1 rings (SSSR count). The second-order valence-corrected chi connectivity index (χ2v) is 3.12. The Labute approximate surface area is 85.4 Å². The van der Waals surface area contributed by atoms with Crippen LogP contribution >= 0.6 is 23.2 Å². The summed E-state index contributed by atoms with van der Waals surface area (Å²) in [5.41, 5.74) is 5.21. The number of hydrogen-bond donors (Lipinski definition) is 1. The average molecular weight is 220 g/mol. The van der Waals surface area contributed by atoms with E-state index in [1.54, 1.807) is 0 Å². The minimum Gasteiger partial charge on any atom is -0.494 e. The maximum Gasteiger partial charge on any atom is 0.254 e. The molecule has 0 fully saturated rings. The van der Waals surface area contributed by atoms with Crippen LogP contribution in [0.5, 0.6) is 5.75 Å². The fourth-order valence-electron chi connectivity index (χ4n) is 0.962. The van der Waals surface area contributed by atoms with E-state index in [0.29, 0.717) is 5.02 Å². The zero-order valence-electron chi connectivity index (χ0n) is 6.80. The average Bonchev–Trinajstić information content (AvgIpc) is 2.07. The van der Waals surface area contributed by atoms with Gasteiger partial charge < -0.3 is 10.5 Å². The summed E-state index contributed by atoms with van der Waals surface area (Å²) in [5.74, 6) is -0.453. The molecule has 2 N–H and O–H groups in total. The van der Waals surface area contributed by atoms with E-state index < -0.39 is 5.91 Å². The van der Waals surface area contributed by atoms with Crippen molar-refractivity contribution in [3.63, 3.8) is 0 Å². The highest BCUT2D eigenvalue weighted by Gasteiger charge is 2.16. The van der Waals surface area contributed by atoms with E-state index >= 15 is 0 Å². The zero-order valence-corrected chi connectivity index (χ0v) is 8.32. The van der Waals surface area contributed by atoms with Gasteiger partial charge in [-0.15, -0.1) is 0 Å². The molecule has 0 radical (unpaired) electrons. The molecule has 0 heterocycles. The van der Waals surface area contributed by atoms with E-state index in [4.69, 9.17) is 33.7 Å². The first-order valence-corrected chi connectivity index (χ1v) is 4.15. The second kappa shape index (κ2) is 3.85. The molecule has 3 nitrogen and oxygen atoms in total. The molecule has 0 aromatic heterocycles. The molecule has 0 aliphatic rings. The normalized spacial score (nSPS) is 9.77. The van der Waals surface area contributed by atoms with E-state index in [2.05, 4.69) is 0 Å². The molecule has 0 spiro atoms. The Morgan fingerprint density at radius 3 is 2.31 bits per heavy atom. The molecule has 0 saturated heterocycles. The standard InChI is InChI=1S/C8H7Cl2NO2/c1-13-7-5(10)3-2-4(9)6(7)8(11)12/h2-3H,1H3,(H2,11,12). The summed E-state index contributed by atoms with van der Waals surface area (Å²) in [4.78, 5) is 11.0. The van der Waals surface area contributed by atoms with Crippen molar-refractivity contribution in [2.45, 2.75) is 0 Å². The minimum absolute atomic E-state index is 0.108. The first kappa shape index (κ1) is 10.2. The van der Waals surface area contributed by atoms with Crippen LogP contribution in [0, 0.1) is 0 Å². The maximum atomic E-state index is 11.0. The minimum atomic E-state index is -0.663. The van der Waals surface area contributed by atoms with Crippen LogP contribution in [0.3, 0.4) is 0 Å². The topological polar surface area (TPSA) is 52.3 Å². The van der Waals surface area contributed by atoms with Crippen LogP contribution in [0.2, 0.25) is 10.0 Å². The lowest BCUT2D eigenvalue weighted by Gasteiger charge is -2.08. The van der Waals surface area contributed by atoms with Crippen molar-refractivity contribution in [3.8, 4) is 5.75 Å². The molecular weight excluding hydrogens is 213 g/mol. The number of methoxy groups -OCH3 is 1. The van der Waals surface area contributed by atoms with Gasteiger partial charge in [-0.3, -0.25) is 4.79 Å². The number of primary amides is 1. The van der Waals surface area contributed by atoms with Crippen LogP contribution in [0.15, 0.2) is 12.1 Å². The molecule has 70 valence electrons. The largest absolute Gasteiger partial charge is 0.494 e. The van der Waals surface area contributed by atoms with Gasteiger partial charge in [-0.2, -0.15) is 0 Å². The molecule has 0 bridgehead atoms. The fraction of sp³-hybridized carbons (Fsp3) is 0.125. The predicted molar refractivity (Wildman–Crippen MR) is 51.5 cm³/mol. The van der Waals surface area contributed by atoms with Crippen molar-refractivity contribution < 1.29 is 9.53 Å². The summed E-state index contributed by atoms with van der Waals surface area (Å²) in [6.07, 6.45) is 0. The molecule has 0 aliphatic heterocycles. The highest BCUT2D eigenvalue weighted by Crippen LogP contribution is 2.33. The number of nitrogens with two attached hydrogens (primary N) is 1. The molecule has 1 amide bonds. The molecule has 1 aromatic carbocycles. The zero-order chi connectivity index (χ0) is 10.0. The van der Waals surface area contributed by atoms with Crippen molar-refractivity contribution >= 4 is 29.1 Å². The highest BCUT2D eigenvalue weighted by atomic mass is 35.5. The van der Waals surface area contributed by atoms with Crippen LogP contribution in [-0.2, 0) is 0 Å². The Morgan fingerprint density at radius 1 is 1.38 bits per heavy atom. The van der Waals surface area contributed by atoms with E-state index in [1.165, 1.54) is 19.2 Å². The number of carbonyl (C=O) groups excluding carboxylic acids is 1. The summed E-state index contributed by atoms with van der Waals surface area (Å²) >= 11 is 11.5. The van der Waals surface area contributed by atoms with Crippen molar-refractivity contribution in [2.24, 2.45) is 5.73 Å². The van der Waals surface area contributed by atoms with Gasteiger partial charge in [-0.25, -0.2) is 0 Å². The number of halogens is 2. The third-order valence-corrected chi connectivity index (χ3v) is 2.12. The third kappa shape index (κ3) is 1.87. The van der Waals surface area contributed by atoms with Gasteiger partial charge in [-0.05, 0) is 12.1 Å². The maximum absolute atomic E-state index is 11.0. The molecule has 13 heavy (non-hydrogen) atoms. The van der Waals surface area contributed by atoms with Crippen LogP contribution in [0.4, 0.5) is 0 Å². The Kier molecular flexibility index (Phi) is 3.01. The summed E-state index contributed by atoms with van der Waals surface area (Å²) in [5, 5.41) is 0.537. The third-order valence-electron chi connectivity index (χ3n) is 1.51. The Morgan fingerprint density at radius 2 is 1.92 bits per heavy atom. The van der Waals surface area contributed by atoms with E-state index in [0.717, 1.165) is 0 Å². The Bertz CT molecular complexity index is 352. The number of amides is 1. The van der Waals surface area contributed by atoms with Gasteiger partial charge in [0.25, 0.3) is 5.91 Å². The van der Waals surface area contributed by atoms with Crippen LogP contribution in [0.25, 0.3) is 0 Å². The number of ether oxygens (including phenoxy) is 1. The van der Waals surface area contributed by atoms with Gasteiger partial charge >= 0.3 is 0 Å². The van der Waals surface area contributed by atoms with Gasteiger partial charge in [0.15, 0.2) is 5.75 Å². The van der Waals surface area contributed by atoms with Crippen LogP contribution in [0.1, 0.15) is 10.4 Å². The lowest BCUT2D eigenvalue weighted by Crippen LogP contribution is -2.13. The quantitative estimate of drug-likeness (QED) is 0.829. The summed E-state index contributed by atoms with van der Waals surface area (Å²) in [6, 6.07) is 3.03. The van der Waals surface area contributed by atoms with Gasteiger partial charge in [0, 0.05) is 0 Å². The molecule has 5 heteroatoms. The van der Waals surface area contributed by atoms with Crippen molar-refractivity contribution in [1.82, 2.24) is 0 Å². The lowest BCUT2D eigenvalue weighted by atomic mass is 10.2. The number of carbonyl (C=O) groups is 1. The van der Waals surface area contributed by atoms with Crippen LogP contribution < -0.4 is 10.5 Å². The smallest absolute Gasteiger partial charge is 0.254 e. The summed E-state index contributed by atoms with van der Waals surface area (Å²) in [6.45, 7) is 0. The Balaban J connectivity index is 3.43. The second-order valence-electron chi connectivity index (χ2n) is 2.30. The van der Waals surface area contributed by atoms with Crippen molar-refractivity contribution in [2.75, 3.05) is 7.11 Å².